The van der Waals surface area contributed by atoms with Crippen LogP contribution in [-0.4, -0.2) is 31.6 Å². The van der Waals surface area contributed by atoms with Crippen molar-refractivity contribution < 1.29 is 9.90 Å². The Morgan fingerprint density at radius 1 is 1.06 bits per heavy atom. The molecule has 0 saturated carbocycles. The number of aryl methyl sites for hydroxylation is 2. The second-order valence-electron chi connectivity index (χ2n) is 7.70. The van der Waals surface area contributed by atoms with E-state index in [1.165, 1.54) is 0 Å². The molecule has 160 valence electrons. The van der Waals surface area contributed by atoms with Crippen LogP contribution in [0.2, 0.25) is 0 Å². The Morgan fingerprint density at radius 3 is 2.47 bits per heavy atom. The van der Waals surface area contributed by atoms with Crippen LogP contribution in [-0.2, 0) is 0 Å². The van der Waals surface area contributed by atoms with Gasteiger partial charge in [0.25, 0.3) is 0 Å². The highest BCUT2D eigenvalue weighted by Gasteiger charge is 2.37. The topological polar surface area (TPSA) is 70.7 Å². The Morgan fingerprint density at radius 2 is 1.78 bits per heavy atom. The quantitative estimate of drug-likeness (QED) is 0.528. The van der Waals surface area contributed by atoms with E-state index < -0.39 is 5.97 Å². The van der Waals surface area contributed by atoms with Crippen molar-refractivity contribution in [1.82, 2.24) is 14.7 Å². The monoisotopic (exact) mass is 464 g/mol. The van der Waals surface area contributed by atoms with Gasteiger partial charge in [0.2, 0.25) is 0 Å². The van der Waals surface area contributed by atoms with E-state index in [0.29, 0.717) is 21.7 Å². The number of benzene rings is 2. The lowest BCUT2D eigenvalue weighted by molar-refractivity contribution is 0.0697. The van der Waals surface area contributed by atoms with E-state index in [9.17, 15) is 9.90 Å². The molecule has 0 amide bonds. The third-order valence-corrected chi connectivity index (χ3v) is 6.13. The third kappa shape index (κ3) is 3.23. The summed E-state index contributed by atoms with van der Waals surface area (Å²) in [6.07, 6.45) is 3.45. The minimum atomic E-state index is -0.974. The second-order valence-corrected chi connectivity index (χ2v) is 8.54. The summed E-state index contributed by atoms with van der Waals surface area (Å²) in [4.78, 5) is 18.2. The van der Waals surface area contributed by atoms with E-state index >= 15 is 0 Å². The number of carboxylic acids is 1. The number of nitrogens with zero attached hydrogens (tertiary/aromatic N) is 4. The fourth-order valence-electron chi connectivity index (χ4n) is 4.15. The molecule has 0 aliphatic carbocycles. The number of para-hydroxylation sites is 1. The molecule has 6 nitrogen and oxygen atoms in total. The molecule has 1 N–H and O–H groups in total. The molecule has 2 aromatic carbocycles. The van der Waals surface area contributed by atoms with Crippen molar-refractivity contribution in [3.05, 3.63) is 98.8 Å². The lowest BCUT2D eigenvalue weighted by atomic mass is 9.94. The molecule has 1 aromatic heterocycles. The number of allylic oxidation sites excluding steroid dienone is 2. The molecule has 0 bridgehead atoms. The Labute approximate surface area is 194 Å². The second kappa shape index (κ2) is 7.65. The average molecular weight is 465 g/mol. The Bertz CT molecular complexity index is 1350. The van der Waals surface area contributed by atoms with E-state index in [1.807, 2.05) is 47.7 Å². The summed E-state index contributed by atoms with van der Waals surface area (Å²) in [6.45, 7) is 3.97. The van der Waals surface area contributed by atoms with Crippen LogP contribution < -0.4 is 0 Å². The molecule has 5 rings (SSSR count). The van der Waals surface area contributed by atoms with Gasteiger partial charge in [-0.1, -0.05) is 53.5 Å². The van der Waals surface area contributed by atoms with Crippen LogP contribution >= 0.6 is 23.2 Å². The number of halogens is 2. The number of hydrogen-bond acceptors (Lipinski definition) is 4. The predicted octanol–water partition coefficient (Wildman–Crippen LogP) is 5.84. The first-order chi connectivity index (χ1) is 15.3. The highest BCUT2D eigenvalue weighted by molar-refractivity contribution is 6.45. The molecular formula is C24H18Cl2N4O2. The van der Waals surface area contributed by atoms with Crippen molar-refractivity contribution in [3.8, 4) is 5.69 Å². The van der Waals surface area contributed by atoms with E-state index in [4.69, 9.17) is 33.3 Å². The van der Waals surface area contributed by atoms with Crippen LogP contribution in [0.25, 0.3) is 5.69 Å². The molecule has 2 aliphatic rings. The molecule has 3 aromatic rings. The molecule has 0 fully saturated rings. The summed E-state index contributed by atoms with van der Waals surface area (Å²) in [5.41, 5.74) is 4.81. The zero-order valence-corrected chi connectivity index (χ0v) is 18.8. The van der Waals surface area contributed by atoms with Gasteiger partial charge >= 0.3 is 5.97 Å². The maximum absolute atomic E-state index is 11.4. The molecule has 0 spiro atoms. The summed E-state index contributed by atoms with van der Waals surface area (Å²) < 4.78 is 1.84. The van der Waals surface area contributed by atoms with Crippen molar-refractivity contribution >= 4 is 40.8 Å². The van der Waals surface area contributed by atoms with Crippen LogP contribution in [0.5, 0.6) is 0 Å². The number of aromatic carboxylic acids is 1. The van der Waals surface area contributed by atoms with Crippen LogP contribution in [0.3, 0.4) is 0 Å². The van der Waals surface area contributed by atoms with Gasteiger partial charge in [-0.05, 0) is 49.2 Å². The fourth-order valence-corrected chi connectivity index (χ4v) is 4.67. The lowest BCUT2D eigenvalue weighted by Crippen LogP contribution is -2.35. The van der Waals surface area contributed by atoms with Crippen LogP contribution in [0, 0.1) is 13.8 Å². The molecule has 8 heteroatoms. The van der Waals surface area contributed by atoms with Crippen molar-refractivity contribution in [3.63, 3.8) is 0 Å². The smallest absolute Gasteiger partial charge is 0.335 e. The largest absolute Gasteiger partial charge is 0.478 e. The molecule has 1 atom stereocenters. The zero-order valence-electron chi connectivity index (χ0n) is 17.3. The van der Waals surface area contributed by atoms with Gasteiger partial charge in [0, 0.05) is 11.8 Å². The van der Waals surface area contributed by atoms with Crippen molar-refractivity contribution in [2.24, 2.45) is 4.99 Å². The molecule has 0 unspecified atom stereocenters. The average Bonchev–Trinajstić information content (AvgIpc) is 3.09. The van der Waals surface area contributed by atoms with Crippen LogP contribution in [0.15, 0.2) is 75.9 Å². The number of hydrogen-bond donors (Lipinski definition) is 1. The maximum Gasteiger partial charge on any atom is 0.335 e. The highest BCUT2D eigenvalue weighted by Crippen LogP contribution is 2.45. The van der Waals surface area contributed by atoms with Crippen molar-refractivity contribution in [2.75, 3.05) is 0 Å². The van der Waals surface area contributed by atoms with Gasteiger partial charge < -0.3 is 10.0 Å². The van der Waals surface area contributed by atoms with Gasteiger partial charge in [-0.25, -0.2) is 14.5 Å². The summed E-state index contributed by atoms with van der Waals surface area (Å²) in [5.74, 6) is 0.275. The fraction of sp³-hybridized carbons (Fsp3) is 0.125. The predicted molar refractivity (Wildman–Crippen MR) is 125 cm³/mol. The molecule has 2 aliphatic heterocycles. The Kier molecular flexibility index (Phi) is 4.92. The summed E-state index contributed by atoms with van der Waals surface area (Å²) >= 11 is 12.9. The van der Waals surface area contributed by atoms with Gasteiger partial charge in [-0.3, -0.25) is 0 Å². The van der Waals surface area contributed by atoms with Gasteiger partial charge in [0.05, 0.1) is 33.1 Å². The van der Waals surface area contributed by atoms with Crippen molar-refractivity contribution in [2.45, 2.75) is 19.9 Å². The number of carbonyl (C=O) groups is 1. The molecule has 0 saturated heterocycles. The normalized spacial score (nSPS) is 17.2. The first kappa shape index (κ1) is 20.5. The first-order valence-electron chi connectivity index (χ1n) is 9.96. The molecule has 0 radical (unpaired) electrons. The van der Waals surface area contributed by atoms with Gasteiger partial charge in [-0.2, -0.15) is 5.10 Å². The Balaban J connectivity index is 1.77. The summed E-state index contributed by atoms with van der Waals surface area (Å²) in [7, 11) is 0. The summed E-state index contributed by atoms with van der Waals surface area (Å²) in [6, 6.07) is 14.4. The van der Waals surface area contributed by atoms with Crippen LogP contribution in [0.4, 0.5) is 5.82 Å². The van der Waals surface area contributed by atoms with Crippen LogP contribution in [0.1, 0.15) is 38.8 Å². The number of rotatable bonds is 3. The Hall–Kier alpha value is -3.35. The molecule has 3 heterocycles. The highest BCUT2D eigenvalue weighted by atomic mass is 35.5. The number of fused-ring (bicyclic) bond motifs is 2. The molecular weight excluding hydrogens is 447 g/mol. The maximum atomic E-state index is 11.4. The van der Waals surface area contributed by atoms with E-state index in [-0.39, 0.29) is 11.6 Å². The van der Waals surface area contributed by atoms with Gasteiger partial charge in [-0.15, -0.1) is 0 Å². The SMILES string of the molecule is Cc1ccccc1-n1nc(C)c2c1N=C1C(Cl)=CC(Cl)=CN1[C@@H]2c1ccc(C(=O)O)cc1. The number of amidine groups is 1. The molecule has 32 heavy (non-hydrogen) atoms. The summed E-state index contributed by atoms with van der Waals surface area (Å²) in [5, 5.41) is 15.0. The lowest BCUT2D eigenvalue weighted by Gasteiger charge is -2.37. The van der Waals surface area contributed by atoms with Crippen molar-refractivity contribution in [1.29, 1.82) is 0 Å². The standard InChI is InChI=1S/C24H18Cl2N4O2/c1-13-5-3-4-6-19(13)30-23-20(14(2)28-30)21(15-7-9-16(10-8-15)24(31)32)29-12-17(25)11-18(26)22(29)27-23/h3-12,21H,1-2H3,(H,31,32)/t21-/m1/s1. The minimum absolute atomic E-state index is 0.219. The van der Waals surface area contributed by atoms with E-state index in [1.54, 1.807) is 36.5 Å². The van der Waals surface area contributed by atoms with Gasteiger partial charge in [0.1, 0.15) is 0 Å². The van der Waals surface area contributed by atoms with Gasteiger partial charge in [0.15, 0.2) is 11.7 Å². The minimum Gasteiger partial charge on any atom is -0.478 e. The van der Waals surface area contributed by atoms with E-state index in [0.717, 1.165) is 28.1 Å². The first-order valence-corrected chi connectivity index (χ1v) is 10.7. The number of aromatic nitrogens is 2. The van der Waals surface area contributed by atoms with E-state index in [2.05, 4.69) is 0 Å². The zero-order chi connectivity index (χ0) is 22.6. The number of aliphatic imine (C=N–C) groups is 1. The number of carboxylic acid groups (broad SMARTS) is 1. The third-order valence-electron chi connectivity index (χ3n) is 5.65.